The fourth-order valence-corrected chi connectivity index (χ4v) is 2.24. The van der Waals surface area contributed by atoms with Crippen LogP contribution in [-0.4, -0.2) is 28.1 Å². The van der Waals surface area contributed by atoms with E-state index >= 15 is 0 Å². The predicted molar refractivity (Wildman–Crippen MR) is 65.8 cm³/mol. The minimum absolute atomic E-state index is 0.479. The number of aromatic nitrogens is 3. The lowest BCUT2D eigenvalue weighted by atomic mass is 10.1. The van der Waals surface area contributed by atoms with Gasteiger partial charge in [0.2, 0.25) is 0 Å². The van der Waals surface area contributed by atoms with Crippen LogP contribution in [0.4, 0.5) is 0 Å². The SMILES string of the molecule is c1ccc(Cc2cn(C3CCNC3)nn2)cc1. The maximum Gasteiger partial charge on any atom is 0.0870 e. The average molecular weight is 228 g/mol. The lowest BCUT2D eigenvalue weighted by Crippen LogP contribution is -2.13. The zero-order valence-corrected chi connectivity index (χ0v) is 9.71. The fraction of sp³-hybridized carbons (Fsp3) is 0.385. The van der Waals surface area contributed by atoms with E-state index in [1.54, 1.807) is 0 Å². The molecule has 17 heavy (non-hydrogen) atoms. The van der Waals surface area contributed by atoms with Crippen molar-refractivity contribution in [1.29, 1.82) is 0 Å². The van der Waals surface area contributed by atoms with E-state index in [1.165, 1.54) is 5.56 Å². The van der Waals surface area contributed by atoms with Gasteiger partial charge in [0.05, 0.1) is 11.7 Å². The maximum atomic E-state index is 4.24. The molecule has 4 nitrogen and oxygen atoms in total. The van der Waals surface area contributed by atoms with Crippen molar-refractivity contribution in [2.75, 3.05) is 13.1 Å². The molecule has 0 spiro atoms. The summed E-state index contributed by atoms with van der Waals surface area (Å²) in [5.74, 6) is 0. The summed E-state index contributed by atoms with van der Waals surface area (Å²) in [6.07, 6.45) is 4.08. The summed E-state index contributed by atoms with van der Waals surface area (Å²) < 4.78 is 2.00. The summed E-state index contributed by atoms with van der Waals surface area (Å²) >= 11 is 0. The van der Waals surface area contributed by atoms with Crippen molar-refractivity contribution in [2.45, 2.75) is 18.9 Å². The molecule has 4 heteroatoms. The lowest BCUT2D eigenvalue weighted by Gasteiger charge is -2.06. The number of hydrogen-bond acceptors (Lipinski definition) is 3. The van der Waals surface area contributed by atoms with Crippen molar-refractivity contribution in [3.8, 4) is 0 Å². The van der Waals surface area contributed by atoms with E-state index in [4.69, 9.17) is 0 Å². The zero-order chi connectivity index (χ0) is 11.5. The molecule has 1 aliphatic heterocycles. The van der Waals surface area contributed by atoms with Crippen LogP contribution < -0.4 is 5.32 Å². The van der Waals surface area contributed by atoms with Crippen LogP contribution in [-0.2, 0) is 6.42 Å². The van der Waals surface area contributed by atoms with Gasteiger partial charge in [-0.15, -0.1) is 5.10 Å². The van der Waals surface area contributed by atoms with Gasteiger partial charge in [-0.1, -0.05) is 35.5 Å². The molecule has 0 aliphatic carbocycles. The second-order valence-electron chi connectivity index (χ2n) is 4.50. The molecule has 0 saturated carbocycles. The Labute approximate surface area is 101 Å². The summed E-state index contributed by atoms with van der Waals surface area (Å²) in [5, 5.41) is 11.8. The Morgan fingerprint density at radius 2 is 2.18 bits per heavy atom. The van der Waals surface area contributed by atoms with E-state index in [9.17, 15) is 0 Å². The molecule has 0 bridgehead atoms. The van der Waals surface area contributed by atoms with Crippen LogP contribution in [0.3, 0.4) is 0 Å². The van der Waals surface area contributed by atoms with E-state index in [-0.39, 0.29) is 0 Å². The molecule has 1 unspecified atom stereocenters. The first-order chi connectivity index (χ1) is 8.42. The normalized spacial score (nSPS) is 19.6. The summed E-state index contributed by atoms with van der Waals surface area (Å²) in [6, 6.07) is 10.9. The monoisotopic (exact) mass is 228 g/mol. The molecule has 1 aromatic carbocycles. The van der Waals surface area contributed by atoms with Gasteiger partial charge in [-0.2, -0.15) is 0 Å². The van der Waals surface area contributed by atoms with Crippen LogP contribution in [0, 0.1) is 0 Å². The highest BCUT2D eigenvalue weighted by Gasteiger charge is 2.17. The highest BCUT2D eigenvalue weighted by Crippen LogP contribution is 2.14. The topological polar surface area (TPSA) is 42.7 Å². The van der Waals surface area contributed by atoms with Crippen molar-refractivity contribution < 1.29 is 0 Å². The van der Waals surface area contributed by atoms with Gasteiger partial charge >= 0.3 is 0 Å². The van der Waals surface area contributed by atoms with Crippen LogP contribution in [0.25, 0.3) is 0 Å². The number of rotatable bonds is 3. The molecule has 1 N–H and O–H groups in total. The lowest BCUT2D eigenvalue weighted by molar-refractivity contribution is 0.476. The smallest absolute Gasteiger partial charge is 0.0870 e. The van der Waals surface area contributed by atoms with Crippen molar-refractivity contribution in [2.24, 2.45) is 0 Å². The number of nitrogens with zero attached hydrogens (tertiary/aromatic N) is 3. The molecule has 1 atom stereocenters. The predicted octanol–water partition coefficient (Wildman–Crippen LogP) is 1.40. The van der Waals surface area contributed by atoms with Crippen LogP contribution in [0.15, 0.2) is 36.5 Å². The molecule has 1 aromatic heterocycles. The Bertz CT molecular complexity index is 471. The van der Waals surface area contributed by atoms with Crippen molar-refractivity contribution in [1.82, 2.24) is 20.3 Å². The Morgan fingerprint density at radius 3 is 2.94 bits per heavy atom. The molecule has 1 aliphatic rings. The first-order valence-corrected chi connectivity index (χ1v) is 6.07. The van der Waals surface area contributed by atoms with E-state index in [0.717, 1.165) is 31.6 Å². The number of nitrogens with one attached hydrogen (secondary N) is 1. The number of benzene rings is 1. The second kappa shape index (κ2) is 4.67. The average Bonchev–Trinajstić information content (AvgIpc) is 3.00. The minimum Gasteiger partial charge on any atom is -0.315 e. The fourth-order valence-electron chi connectivity index (χ4n) is 2.24. The second-order valence-corrected chi connectivity index (χ2v) is 4.50. The van der Waals surface area contributed by atoms with Crippen molar-refractivity contribution in [3.05, 3.63) is 47.8 Å². The first kappa shape index (κ1) is 10.5. The molecule has 1 saturated heterocycles. The van der Waals surface area contributed by atoms with Gasteiger partial charge in [0.25, 0.3) is 0 Å². The molecule has 1 fully saturated rings. The minimum atomic E-state index is 0.479. The highest BCUT2D eigenvalue weighted by molar-refractivity contribution is 5.19. The maximum absolute atomic E-state index is 4.24. The molecule has 0 radical (unpaired) electrons. The van der Waals surface area contributed by atoms with E-state index in [1.807, 2.05) is 10.7 Å². The molecule has 2 aromatic rings. The third-order valence-electron chi connectivity index (χ3n) is 3.19. The Morgan fingerprint density at radius 1 is 1.29 bits per heavy atom. The van der Waals surface area contributed by atoms with Crippen molar-refractivity contribution in [3.63, 3.8) is 0 Å². The van der Waals surface area contributed by atoms with Gasteiger partial charge in [-0.3, -0.25) is 0 Å². The van der Waals surface area contributed by atoms with Crippen LogP contribution in [0.2, 0.25) is 0 Å². The largest absolute Gasteiger partial charge is 0.315 e. The molecule has 0 amide bonds. The van der Waals surface area contributed by atoms with Crippen LogP contribution in [0.5, 0.6) is 0 Å². The van der Waals surface area contributed by atoms with E-state index in [0.29, 0.717) is 6.04 Å². The number of hydrogen-bond donors (Lipinski definition) is 1. The Kier molecular flexibility index (Phi) is 2.88. The molecular weight excluding hydrogens is 212 g/mol. The zero-order valence-electron chi connectivity index (χ0n) is 9.71. The summed E-state index contributed by atoms with van der Waals surface area (Å²) in [4.78, 5) is 0. The summed E-state index contributed by atoms with van der Waals surface area (Å²) in [6.45, 7) is 2.09. The van der Waals surface area contributed by atoms with Gasteiger partial charge < -0.3 is 5.32 Å². The summed E-state index contributed by atoms with van der Waals surface area (Å²) in [5.41, 5.74) is 2.33. The molecule has 2 heterocycles. The van der Waals surface area contributed by atoms with E-state index in [2.05, 4.69) is 46.1 Å². The summed E-state index contributed by atoms with van der Waals surface area (Å²) in [7, 11) is 0. The van der Waals surface area contributed by atoms with Gasteiger partial charge in [-0.05, 0) is 18.5 Å². The van der Waals surface area contributed by atoms with Crippen LogP contribution in [0.1, 0.15) is 23.7 Å². The molecular formula is C13H16N4. The highest BCUT2D eigenvalue weighted by atomic mass is 15.4. The van der Waals surface area contributed by atoms with E-state index < -0.39 is 0 Å². The third-order valence-corrected chi connectivity index (χ3v) is 3.19. The quantitative estimate of drug-likeness (QED) is 0.863. The standard InChI is InChI=1S/C13H16N4/c1-2-4-11(5-3-1)8-12-10-17(16-15-12)13-6-7-14-9-13/h1-5,10,13-14H,6-9H2. The molecule has 3 rings (SSSR count). The Hall–Kier alpha value is -1.68. The van der Waals surface area contributed by atoms with Crippen LogP contribution >= 0.6 is 0 Å². The first-order valence-electron chi connectivity index (χ1n) is 6.07. The third kappa shape index (κ3) is 2.36. The molecule has 88 valence electrons. The van der Waals surface area contributed by atoms with Crippen molar-refractivity contribution >= 4 is 0 Å². The van der Waals surface area contributed by atoms with Gasteiger partial charge in [0.1, 0.15) is 0 Å². The van der Waals surface area contributed by atoms with Gasteiger partial charge in [0, 0.05) is 19.2 Å². The Balaban J connectivity index is 1.72. The van der Waals surface area contributed by atoms with Gasteiger partial charge in [-0.25, -0.2) is 4.68 Å². The van der Waals surface area contributed by atoms with Gasteiger partial charge in [0.15, 0.2) is 0 Å².